The molecule has 3 aromatic carbocycles. The van der Waals surface area contributed by atoms with Crippen molar-refractivity contribution in [2.75, 3.05) is 16.4 Å². The summed E-state index contributed by atoms with van der Waals surface area (Å²) in [6, 6.07) is 24.4. The number of carbonyl (C=O) groups is 1. The van der Waals surface area contributed by atoms with Crippen LogP contribution in [0.4, 0.5) is 11.6 Å². The molecule has 6 rings (SSSR count). The molecule has 0 fully saturated rings. The first kappa shape index (κ1) is 27.8. The molecule has 214 valence electrons. The number of para-hydroxylation sites is 1. The van der Waals surface area contributed by atoms with E-state index < -0.39 is 6.04 Å². The minimum Gasteiger partial charge on any atom is -0.343 e. The summed E-state index contributed by atoms with van der Waals surface area (Å²) >= 11 is 1.66. The summed E-state index contributed by atoms with van der Waals surface area (Å²) in [5.74, 6) is 1.45. The Morgan fingerprint density at radius 2 is 1.79 bits per heavy atom. The molecule has 1 atom stereocenters. The van der Waals surface area contributed by atoms with Crippen LogP contribution in [0.15, 0.2) is 95.4 Å². The molecule has 1 unspecified atom stereocenters. The molecular weight excluding hydrogens is 540 g/mol. The Bertz CT molecular complexity index is 1780. The lowest BCUT2D eigenvalue weighted by Gasteiger charge is -2.28. The average molecular weight is 577 g/mol. The van der Waals surface area contributed by atoms with Crippen LogP contribution in [0.25, 0.3) is 10.9 Å². The molecule has 0 bridgehead atoms. The summed E-state index contributed by atoms with van der Waals surface area (Å²) in [5, 5.41) is 13.4. The van der Waals surface area contributed by atoms with Gasteiger partial charge < -0.3 is 15.2 Å². The third-order valence-corrected chi connectivity index (χ3v) is 8.89. The van der Waals surface area contributed by atoms with E-state index in [4.69, 9.17) is 10.1 Å². The van der Waals surface area contributed by atoms with Gasteiger partial charge >= 0.3 is 0 Å². The number of hydrogen-bond acceptors (Lipinski definition) is 5. The number of nitrogens with one attached hydrogen (secondary N) is 2. The Labute approximate surface area is 251 Å². The molecule has 2 N–H and O–H groups in total. The lowest BCUT2D eigenvalue weighted by Crippen LogP contribution is -2.31. The Kier molecular flexibility index (Phi) is 7.89. The summed E-state index contributed by atoms with van der Waals surface area (Å²) < 4.78 is 4.17. The van der Waals surface area contributed by atoms with Crippen LogP contribution in [-0.4, -0.2) is 31.0 Å². The molecule has 8 heteroatoms. The number of thioether (sulfide) groups is 1. The summed E-state index contributed by atoms with van der Waals surface area (Å²) in [6.07, 6.45) is 4.40. The maximum Gasteiger partial charge on any atom is 0.255 e. The summed E-state index contributed by atoms with van der Waals surface area (Å²) in [5.41, 5.74) is 7.74. The van der Waals surface area contributed by atoms with Crippen molar-refractivity contribution >= 4 is 40.2 Å². The van der Waals surface area contributed by atoms with E-state index in [0.717, 1.165) is 64.1 Å². The Morgan fingerprint density at radius 3 is 2.60 bits per heavy atom. The third-order valence-electron chi connectivity index (χ3n) is 7.97. The quantitative estimate of drug-likeness (QED) is 0.139. The van der Waals surface area contributed by atoms with E-state index in [9.17, 15) is 4.79 Å². The predicted octanol–water partition coefficient (Wildman–Crippen LogP) is 7.72. The first-order valence-corrected chi connectivity index (χ1v) is 15.5. The zero-order chi connectivity index (χ0) is 29.2. The van der Waals surface area contributed by atoms with Gasteiger partial charge in [-0.15, -0.1) is 5.10 Å². The van der Waals surface area contributed by atoms with E-state index in [1.807, 2.05) is 36.7 Å². The number of allylic oxidation sites excluding steroid dienone is 1. The molecule has 0 spiro atoms. The first-order chi connectivity index (χ1) is 20.4. The summed E-state index contributed by atoms with van der Waals surface area (Å²) in [4.78, 5) is 19.0. The van der Waals surface area contributed by atoms with E-state index in [2.05, 4.69) is 89.8 Å². The van der Waals surface area contributed by atoms with Crippen molar-refractivity contribution in [2.45, 2.75) is 58.3 Å². The fraction of sp³-hybridized carbons (Fsp3) is 0.265. The predicted molar refractivity (Wildman–Crippen MR) is 172 cm³/mol. The number of hydrogen-bond donors (Lipinski definition) is 2. The number of carbonyl (C=O) groups excluding carboxylic acids is 1. The summed E-state index contributed by atoms with van der Waals surface area (Å²) in [7, 11) is 0. The van der Waals surface area contributed by atoms with Crippen molar-refractivity contribution in [3.8, 4) is 0 Å². The van der Waals surface area contributed by atoms with Gasteiger partial charge in [-0.05, 0) is 56.0 Å². The second kappa shape index (κ2) is 11.9. The van der Waals surface area contributed by atoms with Gasteiger partial charge in [-0.25, -0.2) is 4.68 Å². The van der Waals surface area contributed by atoms with Crippen LogP contribution < -0.4 is 10.6 Å². The smallest absolute Gasteiger partial charge is 0.255 e. The van der Waals surface area contributed by atoms with Crippen molar-refractivity contribution in [2.24, 2.45) is 0 Å². The Hall–Kier alpha value is -4.30. The van der Waals surface area contributed by atoms with Crippen LogP contribution in [0.5, 0.6) is 0 Å². The second-order valence-corrected chi connectivity index (χ2v) is 11.9. The SMILES string of the molecule is CCCCSc1nc2n(n1)C(c1cn(Cc3ccccc3)c3ccccc13)C(C(=O)Nc1cccc(C)c1C)=C(C)N2. The van der Waals surface area contributed by atoms with Gasteiger partial charge in [0.1, 0.15) is 6.04 Å². The highest BCUT2D eigenvalue weighted by Gasteiger charge is 2.36. The van der Waals surface area contributed by atoms with Gasteiger partial charge in [-0.2, -0.15) is 4.98 Å². The van der Waals surface area contributed by atoms with E-state index in [-0.39, 0.29) is 5.91 Å². The molecule has 1 amide bonds. The molecule has 7 nitrogen and oxygen atoms in total. The van der Waals surface area contributed by atoms with Gasteiger partial charge in [-0.3, -0.25) is 4.79 Å². The molecule has 1 aliphatic heterocycles. The van der Waals surface area contributed by atoms with Crippen LogP contribution in [-0.2, 0) is 11.3 Å². The minimum atomic E-state index is -0.457. The number of nitrogens with zero attached hydrogens (tertiary/aromatic N) is 4. The van der Waals surface area contributed by atoms with Crippen LogP contribution in [0, 0.1) is 13.8 Å². The highest BCUT2D eigenvalue weighted by atomic mass is 32.2. The number of aromatic nitrogens is 4. The van der Waals surface area contributed by atoms with Gasteiger partial charge in [0.2, 0.25) is 11.1 Å². The number of aryl methyl sites for hydroxylation is 1. The lowest BCUT2D eigenvalue weighted by atomic mass is 9.94. The zero-order valence-corrected chi connectivity index (χ0v) is 25.3. The maximum absolute atomic E-state index is 14.2. The van der Waals surface area contributed by atoms with E-state index in [1.165, 1.54) is 5.56 Å². The molecule has 0 saturated carbocycles. The Balaban J connectivity index is 1.48. The van der Waals surface area contributed by atoms with Crippen LogP contribution >= 0.6 is 11.8 Å². The average Bonchev–Trinajstić information content (AvgIpc) is 3.56. The van der Waals surface area contributed by atoms with Crippen LogP contribution in [0.1, 0.15) is 55.0 Å². The van der Waals surface area contributed by atoms with Crippen molar-refractivity contribution in [3.63, 3.8) is 0 Å². The fourth-order valence-corrected chi connectivity index (χ4v) is 6.47. The van der Waals surface area contributed by atoms with Gasteiger partial charge in [0, 0.05) is 46.3 Å². The molecule has 2 aromatic heterocycles. The van der Waals surface area contributed by atoms with E-state index >= 15 is 0 Å². The molecule has 0 radical (unpaired) electrons. The standard InChI is InChI=1S/C34H36N6OS/c1-5-6-19-42-34-37-33-35-24(4)30(32(41)36-28-17-12-13-22(2)23(28)3)31(40(33)38-34)27-21-39(20-25-14-8-7-9-15-25)29-18-11-10-16-26(27)29/h7-18,21,31H,5-6,19-20H2,1-4H3,(H,36,41)(H,35,37,38). The lowest BCUT2D eigenvalue weighted by molar-refractivity contribution is -0.113. The third kappa shape index (κ3) is 5.34. The highest BCUT2D eigenvalue weighted by Crippen LogP contribution is 2.40. The summed E-state index contributed by atoms with van der Waals surface area (Å²) in [6.45, 7) is 8.96. The number of anilines is 2. The zero-order valence-electron chi connectivity index (χ0n) is 24.5. The number of benzene rings is 3. The number of unbranched alkanes of at least 4 members (excludes halogenated alkanes) is 1. The number of fused-ring (bicyclic) bond motifs is 2. The van der Waals surface area contributed by atoms with Gasteiger partial charge in [-0.1, -0.05) is 85.8 Å². The maximum atomic E-state index is 14.2. The van der Waals surface area contributed by atoms with Gasteiger partial charge in [0.05, 0.1) is 5.57 Å². The van der Waals surface area contributed by atoms with Gasteiger partial charge in [0.25, 0.3) is 5.91 Å². The molecule has 0 saturated heterocycles. The number of amides is 1. The highest BCUT2D eigenvalue weighted by molar-refractivity contribution is 7.99. The Morgan fingerprint density at radius 1 is 1.00 bits per heavy atom. The normalized spacial score (nSPS) is 14.6. The van der Waals surface area contributed by atoms with E-state index in [0.29, 0.717) is 16.7 Å². The first-order valence-electron chi connectivity index (χ1n) is 14.5. The van der Waals surface area contributed by atoms with E-state index in [1.54, 1.807) is 11.8 Å². The molecule has 5 aromatic rings. The molecule has 0 aliphatic carbocycles. The van der Waals surface area contributed by atoms with Crippen molar-refractivity contribution < 1.29 is 4.79 Å². The topological polar surface area (TPSA) is 76.8 Å². The van der Waals surface area contributed by atoms with Crippen molar-refractivity contribution in [1.82, 2.24) is 19.3 Å². The minimum absolute atomic E-state index is 0.153. The second-order valence-electron chi connectivity index (χ2n) is 10.8. The molecule has 42 heavy (non-hydrogen) atoms. The molecule has 3 heterocycles. The largest absolute Gasteiger partial charge is 0.343 e. The molecule has 1 aliphatic rings. The number of rotatable bonds is 9. The van der Waals surface area contributed by atoms with Crippen LogP contribution in [0.3, 0.4) is 0 Å². The van der Waals surface area contributed by atoms with Crippen molar-refractivity contribution in [3.05, 3.63) is 113 Å². The fourth-order valence-electron chi connectivity index (χ4n) is 5.56. The van der Waals surface area contributed by atoms with Crippen molar-refractivity contribution in [1.29, 1.82) is 0 Å². The monoisotopic (exact) mass is 576 g/mol. The molecular formula is C34H36N6OS. The van der Waals surface area contributed by atoms with Crippen LogP contribution in [0.2, 0.25) is 0 Å². The van der Waals surface area contributed by atoms with Gasteiger partial charge in [0.15, 0.2) is 0 Å².